The fourth-order valence-corrected chi connectivity index (χ4v) is 2.51. The molecule has 102 valence electrons. The maximum atomic E-state index is 6.22. The summed E-state index contributed by atoms with van der Waals surface area (Å²) in [5.41, 5.74) is 11.4. The quantitative estimate of drug-likeness (QED) is 0.786. The van der Waals surface area contributed by atoms with Crippen LogP contribution in [0.3, 0.4) is 0 Å². The summed E-state index contributed by atoms with van der Waals surface area (Å²) in [7, 11) is 0. The molecule has 1 heterocycles. The van der Waals surface area contributed by atoms with E-state index in [1.807, 2.05) is 31.2 Å². The Hall–Kier alpha value is -2.13. The molecule has 0 fully saturated rings. The molecule has 20 heavy (non-hydrogen) atoms. The molecule has 3 aromatic rings. The summed E-state index contributed by atoms with van der Waals surface area (Å²) in [6.07, 6.45) is 0.728. The molecule has 0 spiro atoms. The van der Waals surface area contributed by atoms with Crippen molar-refractivity contribution in [3.05, 3.63) is 65.0 Å². The van der Waals surface area contributed by atoms with Gasteiger partial charge in [-0.2, -0.15) is 0 Å². The number of aromatic nitrogens is 1. The highest BCUT2D eigenvalue weighted by molar-refractivity contribution is 5.77. The number of hydrogen-bond acceptors (Lipinski definition) is 3. The zero-order valence-corrected chi connectivity index (χ0v) is 11.8. The molecular formula is C17H18N2O. The van der Waals surface area contributed by atoms with E-state index in [2.05, 4.69) is 30.1 Å². The Bertz CT molecular complexity index is 731. The van der Waals surface area contributed by atoms with Gasteiger partial charge in [0.05, 0.1) is 6.04 Å². The minimum absolute atomic E-state index is 0.218. The highest BCUT2D eigenvalue weighted by Crippen LogP contribution is 2.25. The molecule has 0 saturated heterocycles. The number of nitrogens with zero attached hydrogens (tertiary/aromatic N) is 1. The van der Waals surface area contributed by atoms with E-state index in [1.165, 1.54) is 11.1 Å². The molecule has 0 aliphatic rings. The van der Waals surface area contributed by atoms with Crippen LogP contribution < -0.4 is 5.73 Å². The fraction of sp³-hybridized carbons (Fsp3) is 0.235. The van der Waals surface area contributed by atoms with E-state index in [9.17, 15) is 0 Å². The van der Waals surface area contributed by atoms with Crippen molar-refractivity contribution in [3.8, 4) is 0 Å². The maximum Gasteiger partial charge on any atom is 0.212 e. The molecule has 0 amide bonds. The van der Waals surface area contributed by atoms with Crippen LogP contribution in [0.4, 0.5) is 0 Å². The summed E-state index contributed by atoms with van der Waals surface area (Å²) in [6.45, 7) is 4.09. The standard InChI is InChI=1S/C17H18N2O/c1-11-8-12(2)16-15(9-11)19-17(20-16)14(18)10-13-6-4-3-5-7-13/h3-9,14H,10,18H2,1-2H3. The lowest BCUT2D eigenvalue weighted by Crippen LogP contribution is -2.13. The van der Waals surface area contributed by atoms with Crippen LogP contribution in [0.1, 0.15) is 28.6 Å². The number of oxazole rings is 1. The number of fused-ring (bicyclic) bond motifs is 1. The van der Waals surface area contributed by atoms with Crippen molar-refractivity contribution in [1.29, 1.82) is 0 Å². The molecule has 0 radical (unpaired) electrons. The lowest BCUT2D eigenvalue weighted by Gasteiger charge is -2.06. The largest absolute Gasteiger partial charge is 0.439 e. The summed E-state index contributed by atoms with van der Waals surface area (Å²) in [5.74, 6) is 0.609. The van der Waals surface area contributed by atoms with E-state index in [-0.39, 0.29) is 6.04 Å². The summed E-state index contributed by atoms with van der Waals surface area (Å²) in [4.78, 5) is 4.54. The third kappa shape index (κ3) is 2.45. The Labute approximate surface area is 118 Å². The van der Waals surface area contributed by atoms with Crippen molar-refractivity contribution in [3.63, 3.8) is 0 Å². The Morgan fingerprint density at radius 1 is 1.15 bits per heavy atom. The first-order valence-corrected chi connectivity index (χ1v) is 6.80. The Kier molecular flexibility index (Phi) is 3.28. The van der Waals surface area contributed by atoms with Gasteiger partial charge in [0.15, 0.2) is 5.58 Å². The van der Waals surface area contributed by atoms with Gasteiger partial charge < -0.3 is 10.2 Å². The molecule has 3 heteroatoms. The predicted molar refractivity (Wildman–Crippen MR) is 80.6 cm³/mol. The van der Waals surface area contributed by atoms with Crippen LogP contribution in [0.15, 0.2) is 46.9 Å². The van der Waals surface area contributed by atoms with E-state index in [1.54, 1.807) is 0 Å². The van der Waals surface area contributed by atoms with Crippen LogP contribution in [-0.2, 0) is 6.42 Å². The van der Waals surface area contributed by atoms with Crippen molar-refractivity contribution in [2.45, 2.75) is 26.3 Å². The van der Waals surface area contributed by atoms with Crippen LogP contribution in [0.5, 0.6) is 0 Å². The van der Waals surface area contributed by atoms with Gasteiger partial charge in [-0.1, -0.05) is 36.4 Å². The second-order valence-electron chi connectivity index (χ2n) is 5.28. The summed E-state index contributed by atoms with van der Waals surface area (Å²) < 4.78 is 5.85. The van der Waals surface area contributed by atoms with Gasteiger partial charge in [0, 0.05) is 0 Å². The van der Waals surface area contributed by atoms with Gasteiger partial charge in [-0.15, -0.1) is 0 Å². The summed E-state index contributed by atoms with van der Waals surface area (Å²) in [6, 6.07) is 14.1. The molecule has 1 unspecified atom stereocenters. The first-order chi connectivity index (χ1) is 9.63. The minimum Gasteiger partial charge on any atom is -0.439 e. The zero-order valence-electron chi connectivity index (χ0n) is 11.8. The lowest BCUT2D eigenvalue weighted by molar-refractivity contribution is 0.473. The van der Waals surface area contributed by atoms with E-state index in [0.717, 1.165) is 23.1 Å². The third-order valence-electron chi connectivity index (χ3n) is 3.45. The summed E-state index contributed by atoms with van der Waals surface area (Å²) in [5, 5.41) is 0. The smallest absolute Gasteiger partial charge is 0.212 e. The van der Waals surface area contributed by atoms with E-state index in [0.29, 0.717) is 5.89 Å². The monoisotopic (exact) mass is 266 g/mol. The highest BCUT2D eigenvalue weighted by atomic mass is 16.3. The number of rotatable bonds is 3. The first-order valence-electron chi connectivity index (χ1n) is 6.80. The van der Waals surface area contributed by atoms with E-state index >= 15 is 0 Å². The van der Waals surface area contributed by atoms with E-state index < -0.39 is 0 Å². The van der Waals surface area contributed by atoms with Crippen molar-refractivity contribution in [2.75, 3.05) is 0 Å². The second kappa shape index (κ2) is 5.10. The predicted octanol–water partition coefficient (Wildman–Crippen LogP) is 3.69. The van der Waals surface area contributed by atoms with Gasteiger partial charge >= 0.3 is 0 Å². The van der Waals surface area contributed by atoms with Crippen LogP contribution in [-0.4, -0.2) is 4.98 Å². The van der Waals surface area contributed by atoms with Gasteiger partial charge in [-0.05, 0) is 43.0 Å². The van der Waals surface area contributed by atoms with Crippen LogP contribution in [0.2, 0.25) is 0 Å². The molecule has 1 aromatic heterocycles. The zero-order chi connectivity index (χ0) is 14.1. The fourth-order valence-electron chi connectivity index (χ4n) is 2.51. The molecule has 0 aliphatic carbocycles. The SMILES string of the molecule is Cc1cc(C)c2oc(C(N)Cc3ccccc3)nc2c1. The van der Waals surface area contributed by atoms with Gasteiger partial charge in [-0.25, -0.2) is 4.98 Å². The molecule has 2 N–H and O–H groups in total. The first kappa shape index (κ1) is 12.9. The molecule has 0 saturated carbocycles. The minimum atomic E-state index is -0.218. The number of aryl methyl sites for hydroxylation is 2. The molecule has 2 aromatic carbocycles. The normalized spacial score (nSPS) is 12.8. The number of benzene rings is 2. The number of nitrogens with two attached hydrogens (primary N) is 1. The van der Waals surface area contributed by atoms with Gasteiger partial charge in [0.2, 0.25) is 5.89 Å². The van der Waals surface area contributed by atoms with Crippen molar-refractivity contribution < 1.29 is 4.42 Å². The van der Waals surface area contributed by atoms with E-state index in [4.69, 9.17) is 10.2 Å². The van der Waals surface area contributed by atoms with Crippen molar-refractivity contribution in [2.24, 2.45) is 5.73 Å². The summed E-state index contributed by atoms with van der Waals surface area (Å²) >= 11 is 0. The van der Waals surface area contributed by atoms with Gasteiger partial charge in [0.25, 0.3) is 0 Å². The molecule has 3 rings (SSSR count). The van der Waals surface area contributed by atoms with Crippen LogP contribution in [0.25, 0.3) is 11.1 Å². The molecule has 0 bridgehead atoms. The van der Waals surface area contributed by atoms with Crippen molar-refractivity contribution in [1.82, 2.24) is 4.98 Å². The Morgan fingerprint density at radius 2 is 1.90 bits per heavy atom. The van der Waals surface area contributed by atoms with Crippen molar-refractivity contribution >= 4 is 11.1 Å². The molecular weight excluding hydrogens is 248 g/mol. The topological polar surface area (TPSA) is 52.0 Å². The van der Waals surface area contributed by atoms with Gasteiger partial charge in [0.1, 0.15) is 5.52 Å². The molecule has 1 atom stereocenters. The highest BCUT2D eigenvalue weighted by Gasteiger charge is 2.15. The Morgan fingerprint density at radius 3 is 2.65 bits per heavy atom. The third-order valence-corrected chi connectivity index (χ3v) is 3.45. The Balaban J connectivity index is 1.92. The number of hydrogen-bond donors (Lipinski definition) is 1. The van der Waals surface area contributed by atoms with Crippen LogP contribution >= 0.6 is 0 Å². The average molecular weight is 266 g/mol. The molecule has 0 aliphatic heterocycles. The lowest BCUT2D eigenvalue weighted by atomic mass is 10.1. The molecule has 3 nitrogen and oxygen atoms in total. The second-order valence-corrected chi connectivity index (χ2v) is 5.28. The average Bonchev–Trinajstić information content (AvgIpc) is 2.84. The van der Waals surface area contributed by atoms with Gasteiger partial charge in [-0.3, -0.25) is 0 Å². The maximum absolute atomic E-state index is 6.22. The van der Waals surface area contributed by atoms with Crippen LogP contribution in [0, 0.1) is 13.8 Å².